The number of aromatic nitrogens is 1. The van der Waals surface area contributed by atoms with Gasteiger partial charge in [0.25, 0.3) is 0 Å². The summed E-state index contributed by atoms with van der Waals surface area (Å²) in [5.74, 6) is 0.470. The molecule has 0 aliphatic carbocycles. The van der Waals surface area contributed by atoms with Crippen LogP contribution in [0.5, 0.6) is 0 Å². The molecule has 0 fully saturated rings. The maximum absolute atomic E-state index is 12.6. The van der Waals surface area contributed by atoms with Gasteiger partial charge in [0.15, 0.2) is 11.7 Å². The summed E-state index contributed by atoms with van der Waals surface area (Å²) in [6, 6.07) is 6.83. The number of hydrogen-bond donors (Lipinski definition) is 3. The van der Waals surface area contributed by atoms with Crippen molar-refractivity contribution in [2.24, 2.45) is 4.99 Å². The molecule has 27 heavy (non-hydrogen) atoms. The Morgan fingerprint density at radius 1 is 1.30 bits per heavy atom. The van der Waals surface area contributed by atoms with E-state index in [2.05, 4.69) is 20.6 Å². The molecular weight excluding hydrogens is 401 g/mol. The standard InChI is InChI=1S/C17H20ClF3N4OS/c1-2-22-16(24-9-13(26)11-3-5-12(18)6-4-11)23-8-7-15-25-14(10-27-15)17(19,20)21/h3-6,10,13,26H,2,7-9H2,1H3,(H2,22,23,24). The Labute approximate surface area is 164 Å². The summed E-state index contributed by atoms with van der Waals surface area (Å²) in [6.07, 6.45) is -4.87. The van der Waals surface area contributed by atoms with Gasteiger partial charge in [0.05, 0.1) is 17.7 Å². The van der Waals surface area contributed by atoms with Gasteiger partial charge in [0.2, 0.25) is 0 Å². The van der Waals surface area contributed by atoms with Crippen molar-refractivity contribution in [3.8, 4) is 0 Å². The first-order valence-electron chi connectivity index (χ1n) is 8.27. The van der Waals surface area contributed by atoms with Gasteiger partial charge in [-0.1, -0.05) is 23.7 Å². The van der Waals surface area contributed by atoms with Crippen molar-refractivity contribution >= 4 is 28.9 Å². The van der Waals surface area contributed by atoms with Crippen LogP contribution in [0.25, 0.3) is 0 Å². The van der Waals surface area contributed by atoms with Gasteiger partial charge in [-0.05, 0) is 24.6 Å². The van der Waals surface area contributed by atoms with E-state index in [1.807, 2.05) is 6.92 Å². The second-order valence-electron chi connectivity index (χ2n) is 5.59. The van der Waals surface area contributed by atoms with Crippen LogP contribution in [-0.2, 0) is 12.6 Å². The second-order valence-corrected chi connectivity index (χ2v) is 6.97. The van der Waals surface area contributed by atoms with Crippen LogP contribution in [0, 0.1) is 0 Å². The predicted molar refractivity (Wildman–Crippen MR) is 101 cm³/mol. The first kappa shape index (κ1) is 21.5. The Morgan fingerprint density at radius 3 is 2.59 bits per heavy atom. The van der Waals surface area contributed by atoms with Crippen molar-refractivity contribution < 1.29 is 18.3 Å². The van der Waals surface area contributed by atoms with Crippen LogP contribution in [0.15, 0.2) is 34.6 Å². The minimum absolute atomic E-state index is 0.131. The maximum atomic E-state index is 12.6. The van der Waals surface area contributed by atoms with Gasteiger partial charge >= 0.3 is 6.18 Å². The maximum Gasteiger partial charge on any atom is 0.434 e. The van der Waals surface area contributed by atoms with Gasteiger partial charge < -0.3 is 15.7 Å². The molecule has 0 aliphatic rings. The van der Waals surface area contributed by atoms with Crippen molar-refractivity contribution in [1.82, 2.24) is 15.6 Å². The molecule has 0 saturated carbocycles. The monoisotopic (exact) mass is 420 g/mol. The van der Waals surface area contributed by atoms with Gasteiger partial charge in [0.1, 0.15) is 0 Å². The van der Waals surface area contributed by atoms with Gasteiger partial charge in [-0.25, -0.2) is 4.98 Å². The number of rotatable bonds is 7. The molecule has 0 saturated heterocycles. The van der Waals surface area contributed by atoms with Crippen LogP contribution >= 0.6 is 22.9 Å². The largest absolute Gasteiger partial charge is 0.434 e. The van der Waals surface area contributed by atoms with Gasteiger partial charge in [-0.3, -0.25) is 4.99 Å². The molecule has 3 N–H and O–H groups in total. The first-order valence-corrected chi connectivity index (χ1v) is 9.52. The summed E-state index contributed by atoms with van der Waals surface area (Å²) in [6.45, 7) is 3.00. The van der Waals surface area contributed by atoms with Crippen molar-refractivity contribution in [3.05, 3.63) is 50.9 Å². The number of guanidine groups is 1. The van der Waals surface area contributed by atoms with Gasteiger partial charge in [0, 0.05) is 29.9 Å². The van der Waals surface area contributed by atoms with E-state index in [9.17, 15) is 18.3 Å². The summed E-state index contributed by atoms with van der Waals surface area (Å²) >= 11 is 6.80. The van der Waals surface area contributed by atoms with E-state index >= 15 is 0 Å². The van der Waals surface area contributed by atoms with Crippen LogP contribution in [0.4, 0.5) is 13.2 Å². The Morgan fingerprint density at radius 2 is 2.00 bits per heavy atom. The molecule has 1 aromatic heterocycles. The average molecular weight is 421 g/mol. The lowest BCUT2D eigenvalue weighted by molar-refractivity contribution is -0.140. The molecule has 2 aromatic rings. The number of hydrogen-bond acceptors (Lipinski definition) is 4. The minimum Gasteiger partial charge on any atom is -0.386 e. The summed E-state index contributed by atoms with van der Waals surface area (Å²) < 4.78 is 37.7. The highest BCUT2D eigenvalue weighted by Gasteiger charge is 2.33. The van der Waals surface area contributed by atoms with Crippen molar-refractivity contribution in [2.75, 3.05) is 19.6 Å². The Bertz CT molecular complexity index is 749. The number of halogens is 4. The summed E-state index contributed by atoms with van der Waals surface area (Å²) in [4.78, 5) is 7.89. The highest BCUT2D eigenvalue weighted by molar-refractivity contribution is 7.09. The number of aliphatic hydroxyl groups is 1. The molecule has 1 unspecified atom stereocenters. The van der Waals surface area contributed by atoms with E-state index in [4.69, 9.17) is 11.6 Å². The lowest BCUT2D eigenvalue weighted by atomic mass is 10.1. The number of aliphatic hydroxyl groups excluding tert-OH is 1. The van der Waals surface area contributed by atoms with E-state index in [0.29, 0.717) is 41.1 Å². The molecule has 1 aromatic carbocycles. The SMILES string of the molecule is CCNC(=NCC(O)c1ccc(Cl)cc1)NCCc1nc(C(F)(F)F)cs1. The van der Waals surface area contributed by atoms with Crippen LogP contribution in [-0.4, -0.2) is 35.7 Å². The number of benzene rings is 1. The zero-order valence-electron chi connectivity index (χ0n) is 14.6. The fourth-order valence-corrected chi connectivity index (χ4v) is 3.08. The molecular formula is C17H20ClF3N4OS. The highest BCUT2D eigenvalue weighted by atomic mass is 35.5. The molecule has 0 spiro atoms. The van der Waals surface area contributed by atoms with Crippen molar-refractivity contribution in [3.63, 3.8) is 0 Å². The molecule has 2 rings (SSSR count). The molecule has 10 heteroatoms. The van der Waals surface area contributed by atoms with E-state index in [1.165, 1.54) is 0 Å². The molecule has 0 aliphatic heterocycles. The molecule has 1 heterocycles. The van der Waals surface area contributed by atoms with Crippen LogP contribution < -0.4 is 10.6 Å². The first-order chi connectivity index (χ1) is 12.8. The molecule has 1 atom stereocenters. The lowest BCUT2D eigenvalue weighted by Gasteiger charge is -2.13. The Balaban J connectivity index is 1.87. The van der Waals surface area contributed by atoms with E-state index in [1.54, 1.807) is 24.3 Å². The third-order valence-electron chi connectivity index (χ3n) is 3.49. The minimum atomic E-state index is -4.42. The van der Waals surface area contributed by atoms with Gasteiger partial charge in [-0.15, -0.1) is 11.3 Å². The van der Waals surface area contributed by atoms with Crippen molar-refractivity contribution in [1.29, 1.82) is 0 Å². The molecule has 0 amide bonds. The smallest absolute Gasteiger partial charge is 0.386 e. The Kier molecular flexibility index (Phi) is 7.88. The molecule has 0 bridgehead atoms. The number of nitrogens with zero attached hydrogens (tertiary/aromatic N) is 2. The quantitative estimate of drug-likeness (QED) is 0.472. The normalized spacial score (nSPS) is 13.5. The number of nitrogens with one attached hydrogen (secondary N) is 2. The zero-order valence-corrected chi connectivity index (χ0v) is 16.1. The number of alkyl halides is 3. The summed E-state index contributed by atoms with van der Waals surface area (Å²) in [5.41, 5.74) is -0.171. The zero-order chi connectivity index (χ0) is 19.9. The van der Waals surface area contributed by atoms with E-state index in [-0.39, 0.29) is 6.54 Å². The van der Waals surface area contributed by atoms with Crippen LogP contribution in [0.3, 0.4) is 0 Å². The topological polar surface area (TPSA) is 69.5 Å². The molecule has 5 nitrogen and oxygen atoms in total. The summed E-state index contributed by atoms with van der Waals surface area (Å²) in [7, 11) is 0. The molecule has 148 valence electrons. The number of aliphatic imine (C=N–C) groups is 1. The van der Waals surface area contributed by atoms with E-state index in [0.717, 1.165) is 16.7 Å². The fourth-order valence-electron chi connectivity index (χ4n) is 2.15. The van der Waals surface area contributed by atoms with Crippen LogP contribution in [0.2, 0.25) is 5.02 Å². The third kappa shape index (κ3) is 7.00. The highest BCUT2D eigenvalue weighted by Crippen LogP contribution is 2.30. The van der Waals surface area contributed by atoms with Gasteiger partial charge in [-0.2, -0.15) is 13.2 Å². The lowest BCUT2D eigenvalue weighted by Crippen LogP contribution is -2.38. The van der Waals surface area contributed by atoms with E-state index < -0.39 is 18.0 Å². The Hall–Kier alpha value is -1.84. The predicted octanol–water partition coefficient (Wildman–Crippen LogP) is 3.65. The number of thiazole rings is 1. The van der Waals surface area contributed by atoms with Crippen molar-refractivity contribution in [2.45, 2.75) is 25.6 Å². The van der Waals surface area contributed by atoms with Crippen LogP contribution in [0.1, 0.15) is 29.3 Å². The average Bonchev–Trinajstić information content (AvgIpc) is 3.09. The fraction of sp³-hybridized carbons (Fsp3) is 0.412. The summed E-state index contributed by atoms with van der Waals surface area (Å²) in [5, 5.41) is 18.2. The molecule has 0 radical (unpaired) electrons. The third-order valence-corrected chi connectivity index (χ3v) is 4.66. The second kappa shape index (κ2) is 9.91.